The first kappa shape index (κ1) is 14.8. The number of hydrogen-bond acceptors (Lipinski definition) is 4. The van der Waals surface area contributed by atoms with Crippen molar-refractivity contribution >= 4 is 12.0 Å². The lowest BCUT2D eigenvalue weighted by Crippen LogP contribution is -2.03. The second-order valence-electron chi connectivity index (χ2n) is 4.63. The summed E-state index contributed by atoms with van der Waals surface area (Å²) in [5.74, 6) is -0.443. The fraction of sp³-hybridized carbons (Fsp3) is 0.267. The quantitative estimate of drug-likeness (QED) is 0.820. The van der Waals surface area contributed by atoms with Crippen LogP contribution < -0.4 is 4.74 Å². The molecule has 2 heterocycles. The van der Waals surface area contributed by atoms with Crippen molar-refractivity contribution in [1.82, 2.24) is 14.8 Å². The van der Waals surface area contributed by atoms with Crippen LogP contribution in [0.25, 0.3) is 6.08 Å². The molecule has 6 nitrogen and oxygen atoms in total. The number of ether oxygens (including phenoxy) is 1. The van der Waals surface area contributed by atoms with Gasteiger partial charge in [-0.05, 0) is 30.7 Å². The van der Waals surface area contributed by atoms with E-state index < -0.39 is 5.97 Å². The van der Waals surface area contributed by atoms with Gasteiger partial charge in [0.05, 0.1) is 12.8 Å². The number of rotatable bonds is 6. The van der Waals surface area contributed by atoms with Crippen LogP contribution in [-0.2, 0) is 18.3 Å². The molecule has 2 aromatic heterocycles. The van der Waals surface area contributed by atoms with E-state index in [1.807, 2.05) is 26.2 Å². The number of aryl methyl sites for hydroxylation is 2. The van der Waals surface area contributed by atoms with Gasteiger partial charge in [-0.15, -0.1) is 0 Å². The van der Waals surface area contributed by atoms with Crippen LogP contribution in [0.5, 0.6) is 5.75 Å². The average Bonchev–Trinajstić information content (AvgIpc) is 2.84. The summed E-state index contributed by atoms with van der Waals surface area (Å²) in [6.07, 6.45) is 6.94. The average molecular weight is 287 g/mol. The van der Waals surface area contributed by atoms with Crippen LogP contribution in [0.3, 0.4) is 0 Å². The minimum absolute atomic E-state index is 0.477. The van der Waals surface area contributed by atoms with Crippen LogP contribution in [0.2, 0.25) is 0 Å². The van der Waals surface area contributed by atoms with Crippen molar-refractivity contribution in [2.24, 2.45) is 7.05 Å². The largest absolute Gasteiger partial charge is 0.491 e. The van der Waals surface area contributed by atoms with Crippen molar-refractivity contribution in [1.29, 1.82) is 0 Å². The molecule has 0 aliphatic rings. The van der Waals surface area contributed by atoms with Gasteiger partial charge < -0.3 is 9.84 Å². The molecule has 0 amide bonds. The third-order valence-electron chi connectivity index (χ3n) is 2.82. The minimum Gasteiger partial charge on any atom is -0.491 e. The number of carbonyl (C=O) groups is 1. The van der Waals surface area contributed by atoms with Gasteiger partial charge in [-0.1, -0.05) is 0 Å². The van der Waals surface area contributed by atoms with E-state index in [0.29, 0.717) is 18.1 Å². The van der Waals surface area contributed by atoms with E-state index >= 15 is 0 Å². The van der Waals surface area contributed by atoms with E-state index in [9.17, 15) is 4.79 Å². The maximum Gasteiger partial charge on any atom is 0.328 e. The SMILES string of the molecule is Cc1ccc(OCCc2cnn(C)c2)c(/C=C/C(=O)O)n1. The summed E-state index contributed by atoms with van der Waals surface area (Å²) in [5.41, 5.74) is 2.41. The highest BCUT2D eigenvalue weighted by Gasteiger charge is 2.05. The molecule has 0 saturated heterocycles. The molecular weight excluding hydrogens is 270 g/mol. The lowest BCUT2D eigenvalue weighted by Gasteiger charge is -2.08. The molecular formula is C15H17N3O3. The molecule has 2 rings (SSSR count). The predicted molar refractivity (Wildman–Crippen MR) is 78.1 cm³/mol. The van der Waals surface area contributed by atoms with Gasteiger partial charge >= 0.3 is 5.97 Å². The standard InChI is InChI=1S/C15H17N3O3/c1-11-3-5-14(13(17-11)4-6-15(19)20)21-8-7-12-9-16-18(2)10-12/h3-6,9-10H,7-8H2,1-2H3,(H,19,20)/b6-4+. The molecule has 2 aromatic rings. The maximum absolute atomic E-state index is 10.6. The molecule has 110 valence electrons. The number of nitrogens with zero attached hydrogens (tertiary/aromatic N) is 3. The number of aromatic nitrogens is 3. The molecule has 0 bridgehead atoms. The Morgan fingerprint density at radius 1 is 1.48 bits per heavy atom. The van der Waals surface area contributed by atoms with Crippen LogP contribution in [0.1, 0.15) is 17.0 Å². The Morgan fingerprint density at radius 3 is 2.95 bits per heavy atom. The van der Waals surface area contributed by atoms with E-state index in [1.54, 1.807) is 16.9 Å². The first-order valence-electron chi connectivity index (χ1n) is 6.53. The summed E-state index contributed by atoms with van der Waals surface area (Å²) < 4.78 is 7.43. The molecule has 0 saturated carbocycles. The van der Waals surface area contributed by atoms with Crippen molar-refractivity contribution < 1.29 is 14.6 Å². The number of carboxylic acids is 1. The summed E-state index contributed by atoms with van der Waals surface area (Å²) in [4.78, 5) is 14.9. The van der Waals surface area contributed by atoms with Gasteiger partial charge in [0.25, 0.3) is 0 Å². The van der Waals surface area contributed by atoms with Gasteiger partial charge in [0, 0.05) is 31.4 Å². The third kappa shape index (κ3) is 4.45. The number of carboxylic acid groups (broad SMARTS) is 1. The first-order valence-corrected chi connectivity index (χ1v) is 6.53. The molecule has 0 fully saturated rings. The van der Waals surface area contributed by atoms with Crippen LogP contribution in [0.15, 0.2) is 30.6 Å². The molecule has 0 atom stereocenters. The van der Waals surface area contributed by atoms with Crippen LogP contribution in [0, 0.1) is 6.92 Å². The van der Waals surface area contributed by atoms with E-state index in [-0.39, 0.29) is 0 Å². The Balaban J connectivity index is 2.03. The van der Waals surface area contributed by atoms with Gasteiger partial charge in [0.1, 0.15) is 11.4 Å². The summed E-state index contributed by atoms with van der Waals surface area (Å²) in [7, 11) is 1.86. The molecule has 0 spiro atoms. The second kappa shape index (κ2) is 6.69. The van der Waals surface area contributed by atoms with Crippen molar-refractivity contribution in [2.75, 3.05) is 6.61 Å². The zero-order valence-electron chi connectivity index (χ0n) is 12.0. The summed E-state index contributed by atoms with van der Waals surface area (Å²) in [5, 5.41) is 12.8. The summed E-state index contributed by atoms with van der Waals surface area (Å²) >= 11 is 0. The fourth-order valence-electron chi connectivity index (χ4n) is 1.84. The Morgan fingerprint density at radius 2 is 2.29 bits per heavy atom. The normalized spacial score (nSPS) is 11.0. The Bertz CT molecular complexity index is 662. The smallest absolute Gasteiger partial charge is 0.328 e. The van der Waals surface area contributed by atoms with Gasteiger partial charge in [0.15, 0.2) is 0 Å². The summed E-state index contributed by atoms with van der Waals surface area (Å²) in [6.45, 7) is 2.32. The number of hydrogen-bond donors (Lipinski definition) is 1. The lowest BCUT2D eigenvalue weighted by atomic mass is 10.2. The molecule has 0 aliphatic heterocycles. The highest BCUT2D eigenvalue weighted by atomic mass is 16.5. The van der Waals surface area contributed by atoms with Gasteiger partial charge in [-0.3, -0.25) is 4.68 Å². The van der Waals surface area contributed by atoms with Crippen LogP contribution in [-0.4, -0.2) is 32.4 Å². The van der Waals surface area contributed by atoms with Gasteiger partial charge in [-0.2, -0.15) is 5.10 Å². The highest BCUT2D eigenvalue weighted by molar-refractivity contribution is 5.85. The highest BCUT2D eigenvalue weighted by Crippen LogP contribution is 2.18. The van der Waals surface area contributed by atoms with Crippen molar-refractivity contribution in [2.45, 2.75) is 13.3 Å². The topological polar surface area (TPSA) is 77.2 Å². The monoisotopic (exact) mass is 287 g/mol. The lowest BCUT2D eigenvalue weighted by molar-refractivity contribution is -0.131. The van der Waals surface area contributed by atoms with Crippen LogP contribution in [0.4, 0.5) is 0 Å². The van der Waals surface area contributed by atoms with Crippen molar-refractivity contribution in [3.8, 4) is 5.75 Å². The number of pyridine rings is 1. The Labute approximate surface area is 122 Å². The molecule has 0 aromatic carbocycles. The molecule has 6 heteroatoms. The molecule has 0 aliphatic carbocycles. The Kier molecular flexibility index (Phi) is 4.71. The maximum atomic E-state index is 10.6. The molecule has 1 N–H and O–H groups in total. The second-order valence-corrected chi connectivity index (χ2v) is 4.63. The fourth-order valence-corrected chi connectivity index (χ4v) is 1.84. The van der Waals surface area contributed by atoms with Crippen molar-refractivity contribution in [3.63, 3.8) is 0 Å². The van der Waals surface area contributed by atoms with Gasteiger partial charge in [0.2, 0.25) is 0 Å². The summed E-state index contributed by atoms with van der Waals surface area (Å²) in [6, 6.07) is 3.63. The van der Waals surface area contributed by atoms with Crippen LogP contribution >= 0.6 is 0 Å². The van der Waals surface area contributed by atoms with Gasteiger partial charge in [-0.25, -0.2) is 9.78 Å². The predicted octanol–water partition coefficient (Wildman–Crippen LogP) is 1.84. The van der Waals surface area contributed by atoms with E-state index in [0.717, 1.165) is 23.8 Å². The molecule has 0 radical (unpaired) electrons. The van der Waals surface area contributed by atoms with Crippen molar-refractivity contribution in [3.05, 3.63) is 47.6 Å². The number of aliphatic carboxylic acids is 1. The van der Waals surface area contributed by atoms with E-state index in [1.165, 1.54) is 6.08 Å². The van der Waals surface area contributed by atoms with E-state index in [2.05, 4.69) is 10.1 Å². The Hall–Kier alpha value is -2.63. The minimum atomic E-state index is -1.01. The first-order chi connectivity index (χ1) is 10.0. The zero-order valence-corrected chi connectivity index (χ0v) is 12.0. The zero-order chi connectivity index (χ0) is 15.2. The molecule has 0 unspecified atom stereocenters. The van der Waals surface area contributed by atoms with E-state index in [4.69, 9.17) is 9.84 Å². The third-order valence-corrected chi connectivity index (χ3v) is 2.82. The molecule has 21 heavy (non-hydrogen) atoms.